The molecule has 1 aromatic rings. The summed E-state index contributed by atoms with van der Waals surface area (Å²) >= 11 is 0. The first-order valence-corrected chi connectivity index (χ1v) is 7.84. The number of alkyl carbamates (subject to hydrolysis) is 1. The quantitative estimate of drug-likeness (QED) is 0.930. The Hall–Kier alpha value is -1.85. The lowest BCUT2D eigenvalue weighted by Gasteiger charge is -2.35. The van der Waals surface area contributed by atoms with E-state index in [9.17, 15) is 4.79 Å². The lowest BCUT2D eigenvalue weighted by atomic mass is 9.90. The molecule has 6 nitrogen and oxygen atoms in total. The largest absolute Gasteiger partial charge is 0.444 e. The fourth-order valence-corrected chi connectivity index (χ4v) is 2.72. The number of rotatable bonds is 3. The van der Waals surface area contributed by atoms with Gasteiger partial charge in [-0.05, 0) is 52.5 Å². The van der Waals surface area contributed by atoms with Crippen molar-refractivity contribution in [3.63, 3.8) is 0 Å². The third-order valence-electron chi connectivity index (χ3n) is 3.83. The summed E-state index contributed by atoms with van der Waals surface area (Å²) in [5, 5.41) is 2.96. The molecule has 1 fully saturated rings. The fraction of sp³-hybridized carbons (Fsp3) is 0.688. The molecular formula is C16H26N4O2. The minimum Gasteiger partial charge on any atom is -0.444 e. The molecule has 1 aliphatic carbocycles. The van der Waals surface area contributed by atoms with Crippen LogP contribution in [0.1, 0.15) is 46.5 Å². The van der Waals surface area contributed by atoms with Crippen molar-refractivity contribution in [3.8, 4) is 0 Å². The van der Waals surface area contributed by atoms with Crippen LogP contribution in [0.3, 0.4) is 0 Å². The summed E-state index contributed by atoms with van der Waals surface area (Å²) in [6.45, 7) is 5.62. The van der Waals surface area contributed by atoms with Crippen molar-refractivity contribution in [2.24, 2.45) is 0 Å². The molecule has 0 bridgehead atoms. The maximum atomic E-state index is 11.8. The highest BCUT2D eigenvalue weighted by Crippen LogP contribution is 2.24. The van der Waals surface area contributed by atoms with Gasteiger partial charge in [0.25, 0.3) is 0 Å². The van der Waals surface area contributed by atoms with Gasteiger partial charge in [-0.2, -0.15) is 0 Å². The van der Waals surface area contributed by atoms with Gasteiger partial charge >= 0.3 is 6.09 Å². The van der Waals surface area contributed by atoms with E-state index in [1.54, 1.807) is 12.4 Å². The van der Waals surface area contributed by atoms with E-state index in [4.69, 9.17) is 4.74 Å². The Morgan fingerprint density at radius 3 is 2.36 bits per heavy atom. The van der Waals surface area contributed by atoms with Gasteiger partial charge in [0.05, 0.1) is 0 Å². The second-order valence-corrected chi connectivity index (χ2v) is 6.81. The third kappa shape index (κ3) is 4.86. The minimum atomic E-state index is -0.452. The molecule has 0 spiro atoms. The predicted molar refractivity (Wildman–Crippen MR) is 85.8 cm³/mol. The Morgan fingerprint density at radius 2 is 1.82 bits per heavy atom. The number of hydrogen-bond donors (Lipinski definition) is 1. The number of anilines is 1. The van der Waals surface area contributed by atoms with E-state index < -0.39 is 5.60 Å². The second-order valence-electron chi connectivity index (χ2n) is 6.81. The van der Waals surface area contributed by atoms with Crippen LogP contribution < -0.4 is 10.2 Å². The zero-order chi connectivity index (χ0) is 16.2. The molecule has 0 saturated heterocycles. The molecule has 0 aliphatic heterocycles. The normalized spacial score (nSPS) is 22.0. The zero-order valence-electron chi connectivity index (χ0n) is 13.9. The van der Waals surface area contributed by atoms with E-state index in [0.717, 1.165) is 31.6 Å². The monoisotopic (exact) mass is 306 g/mol. The molecule has 1 N–H and O–H groups in total. The highest BCUT2D eigenvalue weighted by Gasteiger charge is 2.27. The van der Waals surface area contributed by atoms with E-state index >= 15 is 0 Å². The van der Waals surface area contributed by atoms with Crippen molar-refractivity contribution in [2.75, 3.05) is 11.9 Å². The van der Waals surface area contributed by atoms with Gasteiger partial charge in [-0.1, -0.05) is 0 Å². The van der Waals surface area contributed by atoms with E-state index in [-0.39, 0.29) is 12.1 Å². The SMILES string of the molecule is CN(c1ncccn1)C1CCC(NC(=O)OC(C)(C)C)CC1. The topological polar surface area (TPSA) is 67.4 Å². The van der Waals surface area contributed by atoms with Crippen LogP contribution in [0.25, 0.3) is 0 Å². The van der Waals surface area contributed by atoms with Crippen LogP contribution >= 0.6 is 0 Å². The Morgan fingerprint density at radius 1 is 1.23 bits per heavy atom. The van der Waals surface area contributed by atoms with E-state index in [1.807, 2.05) is 33.9 Å². The maximum Gasteiger partial charge on any atom is 0.407 e. The van der Waals surface area contributed by atoms with Gasteiger partial charge < -0.3 is 15.0 Å². The highest BCUT2D eigenvalue weighted by atomic mass is 16.6. The average molecular weight is 306 g/mol. The van der Waals surface area contributed by atoms with E-state index in [0.29, 0.717) is 6.04 Å². The number of nitrogens with zero attached hydrogens (tertiary/aromatic N) is 3. The first-order chi connectivity index (χ1) is 10.3. The minimum absolute atomic E-state index is 0.191. The second kappa shape index (κ2) is 6.94. The van der Waals surface area contributed by atoms with Gasteiger partial charge in [0.1, 0.15) is 5.60 Å². The number of carbonyl (C=O) groups excluding carboxylic acids is 1. The number of aromatic nitrogens is 2. The van der Waals surface area contributed by atoms with Gasteiger partial charge in [-0.25, -0.2) is 14.8 Å². The molecule has 1 saturated carbocycles. The van der Waals surface area contributed by atoms with Crippen LogP contribution in [0.15, 0.2) is 18.5 Å². The molecule has 6 heteroatoms. The third-order valence-corrected chi connectivity index (χ3v) is 3.83. The molecular weight excluding hydrogens is 280 g/mol. The van der Waals surface area contributed by atoms with Gasteiger partial charge in [0.2, 0.25) is 5.95 Å². The van der Waals surface area contributed by atoms with Crippen molar-refractivity contribution < 1.29 is 9.53 Å². The summed E-state index contributed by atoms with van der Waals surface area (Å²) < 4.78 is 5.30. The molecule has 1 amide bonds. The number of amides is 1. The van der Waals surface area contributed by atoms with Crippen molar-refractivity contribution >= 4 is 12.0 Å². The Kier molecular flexibility index (Phi) is 5.21. The summed E-state index contributed by atoms with van der Waals surface area (Å²) in [7, 11) is 2.03. The first-order valence-electron chi connectivity index (χ1n) is 7.84. The van der Waals surface area contributed by atoms with Gasteiger partial charge in [0.15, 0.2) is 0 Å². The van der Waals surface area contributed by atoms with Crippen molar-refractivity contribution in [1.29, 1.82) is 0 Å². The van der Waals surface area contributed by atoms with Crippen molar-refractivity contribution in [3.05, 3.63) is 18.5 Å². The van der Waals surface area contributed by atoms with E-state index in [2.05, 4.69) is 20.2 Å². The number of carbonyl (C=O) groups is 1. The number of nitrogens with one attached hydrogen (secondary N) is 1. The lowest BCUT2D eigenvalue weighted by Crippen LogP contribution is -2.44. The lowest BCUT2D eigenvalue weighted by molar-refractivity contribution is 0.0491. The zero-order valence-corrected chi connectivity index (χ0v) is 13.9. The highest BCUT2D eigenvalue weighted by molar-refractivity contribution is 5.68. The summed E-state index contributed by atoms with van der Waals surface area (Å²) in [6.07, 6.45) is 7.10. The van der Waals surface area contributed by atoms with Crippen LogP contribution in [0.5, 0.6) is 0 Å². The molecule has 0 radical (unpaired) electrons. The van der Waals surface area contributed by atoms with Crippen molar-refractivity contribution in [2.45, 2.75) is 64.1 Å². The Balaban J connectivity index is 1.79. The average Bonchev–Trinajstić information content (AvgIpc) is 2.46. The van der Waals surface area contributed by atoms with Crippen LogP contribution in [0.2, 0.25) is 0 Å². The molecule has 0 aromatic carbocycles. The smallest absolute Gasteiger partial charge is 0.407 e. The van der Waals surface area contributed by atoms with Crippen LogP contribution in [-0.4, -0.2) is 40.8 Å². The van der Waals surface area contributed by atoms with Gasteiger partial charge in [-0.15, -0.1) is 0 Å². The summed E-state index contributed by atoms with van der Waals surface area (Å²) in [6, 6.07) is 2.43. The summed E-state index contributed by atoms with van der Waals surface area (Å²) in [5.74, 6) is 0.756. The van der Waals surface area contributed by atoms with E-state index in [1.165, 1.54) is 0 Å². The number of ether oxygens (including phenoxy) is 1. The van der Waals surface area contributed by atoms with Crippen LogP contribution in [-0.2, 0) is 4.74 Å². The molecule has 22 heavy (non-hydrogen) atoms. The summed E-state index contributed by atoms with van der Waals surface area (Å²) in [4.78, 5) is 22.5. The van der Waals surface area contributed by atoms with Crippen molar-refractivity contribution in [1.82, 2.24) is 15.3 Å². The van der Waals surface area contributed by atoms with Gasteiger partial charge in [0, 0.05) is 31.5 Å². The molecule has 0 unspecified atom stereocenters. The molecule has 0 atom stereocenters. The van der Waals surface area contributed by atoms with Crippen LogP contribution in [0.4, 0.5) is 10.7 Å². The fourth-order valence-electron chi connectivity index (χ4n) is 2.72. The predicted octanol–water partition coefficient (Wildman–Crippen LogP) is 2.75. The van der Waals surface area contributed by atoms with Crippen LogP contribution in [0, 0.1) is 0 Å². The first kappa shape index (κ1) is 16.5. The molecule has 1 heterocycles. The molecule has 1 aliphatic rings. The molecule has 2 rings (SSSR count). The maximum absolute atomic E-state index is 11.8. The standard InChI is InChI=1S/C16H26N4O2/c1-16(2,3)22-15(21)19-12-6-8-13(9-7-12)20(4)14-17-10-5-11-18-14/h5,10-13H,6-9H2,1-4H3,(H,19,21). The summed E-state index contributed by atoms with van der Waals surface area (Å²) in [5.41, 5.74) is -0.452. The molecule has 122 valence electrons. The Labute approximate surface area is 132 Å². The number of hydrogen-bond acceptors (Lipinski definition) is 5. The Bertz CT molecular complexity index is 479. The van der Waals surface area contributed by atoms with Gasteiger partial charge in [-0.3, -0.25) is 0 Å². The molecule has 1 aromatic heterocycles.